The van der Waals surface area contributed by atoms with E-state index in [2.05, 4.69) is 28.6 Å². The van der Waals surface area contributed by atoms with Gasteiger partial charge in [-0.3, -0.25) is 4.79 Å². The number of rotatable bonds is 5. The second kappa shape index (κ2) is 7.14. The van der Waals surface area contributed by atoms with E-state index < -0.39 is 0 Å². The van der Waals surface area contributed by atoms with Gasteiger partial charge in [0.1, 0.15) is 0 Å². The van der Waals surface area contributed by atoms with E-state index in [9.17, 15) is 4.79 Å². The second-order valence-corrected chi connectivity index (χ2v) is 6.55. The summed E-state index contributed by atoms with van der Waals surface area (Å²) in [5, 5.41) is 6.37. The lowest BCUT2D eigenvalue weighted by atomic mass is 9.98. The van der Waals surface area contributed by atoms with Crippen LogP contribution >= 0.6 is 0 Å². The van der Waals surface area contributed by atoms with Crippen LogP contribution in [0.2, 0.25) is 0 Å². The molecule has 0 spiro atoms. The SMILES string of the molecule is C[C@@H](NCc1ncc(-c2ccccc2)o1)c1ccc2c(c1)CCC(=O)N2. The van der Waals surface area contributed by atoms with E-state index in [0.717, 1.165) is 23.4 Å². The highest BCUT2D eigenvalue weighted by Crippen LogP contribution is 2.26. The maximum atomic E-state index is 11.5. The number of aromatic nitrogens is 1. The van der Waals surface area contributed by atoms with Crippen molar-refractivity contribution in [2.24, 2.45) is 0 Å². The summed E-state index contributed by atoms with van der Waals surface area (Å²) < 4.78 is 5.84. The first kappa shape index (κ1) is 16.5. The van der Waals surface area contributed by atoms with Crippen molar-refractivity contribution in [2.75, 3.05) is 5.32 Å². The molecule has 0 bridgehead atoms. The van der Waals surface area contributed by atoms with Crippen LogP contribution in [0.3, 0.4) is 0 Å². The standard InChI is InChI=1S/C21H21N3O2/c1-14(16-7-9-18-17(11-16)8-10-20(25)24-18)22-13-21-23-12-19(26-21)15-5-3-2-4-6-15/h2-7,9,11-12,14,22H,8,10,13H2,1H3,(H,24,25)/t14-/m1/s1. The van der Waals surface area contributed by atoms with E-state index in [1.807, 2.05) is 42.5 Å². The number of hydrogen-bond donors (Lipinski definition) is 2. The number of carbonyl (C=O) groups is 1. The third-order valence-corrected chi connectivity index (χ3v) is 4.70. The maximum absolute atomic E-state index is 11.5. The van der Waals surface area contributed by atoms with Crippen LogP contribution in [0, 0.1) is 0 Å². The molecule has 0 unspecified atom stereocenters. The molecule has 3 aromatic rings. The third-order valence-electron chi connectivity index (χ3n) is 4.70. The first-order chi connectivity index (χ1) is 12.7. The minimum atomic E-state index is 0.0922. The van der Waals surface area contributed by atoms with Crippen molar-refractivity contribution < 1.29 is 9.21 Å². The van der Waals surface area contributed by atoms with Crippen molar-refractivity contribution in [1.29, 1.82) is 0 Å². The lowest BCUT2D eigenvalue weighted by molar-refractivity contribution is -0.116. The zero-order valence-corrected chi connectivity index (χ0v) is 14.7. The summed E-state index contributed by atoms with van der Waals surface area (Å²) in [6.07, 6.45) is 3.11. The average Bonchev–Trinajstić information content (AvgIpc) is 3.15. The van der Waals surface area contributed by atoms with E-state index >= 15 is 0 Å². The highest BCUT2D eigenvalue weighted by atomic mass is 16.4. The Hall–Kier alpha value is -2.92. The van der Waals surface area contributed by atoms with E-state index in [-0.39, 0.29) is 11.9 Å². The monoisotopic (exact) mass is 347 g/mol. The smallest absolute Gasteiger partial charge is 0.224 e. The quantitative estimate of drug-likeness (QED) is 0.730. The van der Waals surface area contributed by atoms with Crippen LogP contribution in [0.15, 0.2) is 59.1 Å². The summed E-state index contributed by atoms with van der Waals surface area (Å²) in [5.74, 6) is 1.54. The summed E-state index contributed by atoms with van der Waals surface area (Å²) in [5.41, 5.74) is 4.33. The maximum Gasteiger partial charge on any atom is 0.224 e. The number of anilines is 1. The molecule has 1 amide bonds. The molecule has 0 radical (unpaired) electrons. The van der Waals surface area contributed by atoms with Gasteiger partial charge < -0.3 is 15.1 Å². The Morgan fingerprint density at radius 1 is 1.19 bits per heavy atom. The van der Waals surface area contributed by atoms with Crippen molar-refractivity contribution in [3.05, 3.63) is 71.7 Å². The van der Waals surface area contributed by atoms with Gasteiger partial charge in [0.15, 0.2) is 5.76 Å². The predicted octanol–water partition coefficient (Wildman–Crippen LogP) is 4.08. The van der Waals surface area contributed by atoms with Crippen molar-refractivity contribution in [3.63, 3.8) is 0 Å². The number of fused-ring (bicyclic) bond motifs is 1. The molecule has 26 heavy (non-hydrogen) atoms. The molecule has 2 aromatic carbocycles. The molecule has 5 heteroatoms. The van der Waals surface area contributed by atoms with Crippen LogP contribution < -0.4 is 10.6 Å². The molecule has 2 N–H and O–H groups in total. The number of nitrogens with zero attached hydrogens (tertiary/aromatic N) is 1. The van der Waals surface area contributed by atoms with E-state index in [0.29, 0.717) is 18.9 Å². The van der Waals surface area contributed by atoms with Crippen molar-refractivity contribution in [3.8, 4) is 11.3 Å². The largest absolute Gasteiger partial charge is 0.439 e. The lowest BCUT2D eigenvalue weighted by Gasteiger charge is -2.20. The zero-order chi connectivity index (χ0) is 17.9. The highest BCUT2D eigenvalue weighted by Gasteiger charge is 2.16. The van der Waals surface area contributed by atoms with Gasteiger partial charge in [-0.1, -0.05) is 42.5 Å². The molecule has 0 saturated carbocycles. The van der Waals surface area contributed by atoms with Crippen molar-refractivity contribution >= 4 is 11.6 Å². The number of carbonyl (C=O) groups excluding carboxylic acids is 1. The fraction of sp³-hybridized carbons (Fsp3) is 0.238. The molecule has 1 aliphatic rings. The van der Waals surface area contributed by atoms with Gasteiger partial charge in [-0.25, -0.2) is 4.98 Å². The summed E-state index contributed by atoms with van der Waals surface area (Å²) in [4.78, 5) is 15.8. The number of aryl methyl sites for hydroxylation is 1. The minimum Gasteiger partial charge on any atom is -0.439 e. The number of hydrogen-bond acceptors (Lipinski definition) is 4. The Morgan fingerprint density at radius 3 is 2.88 bits per heavy atom. The number of oxazole rings is 1. The summed E-state index contributed by atoms with van der Waals surface area (Å²) in [6, 6.07) is 16.3. The molecular formula is C21H21N3O2. The Bertz CT molecular complexity index is 918. The molecule has 5 nitrogen and oxygen atoms in total. The highest BCUT2D eigenvalue weighted by molar-refractivity contribution is 5.93. The van der Waals surface area contributed by atoms with Gasteiger partial charge in [-0.05, 0) is 30.5 Å². The van der Waals surface area contributed by atoms with E-state index in [1.165, 1.54) is 11.1 Å². The lowest BCUT2D eigenvalue weighted by Crippen LogP contribution is -2.21. The average molecular weight is 347 g/mol. The molecule has 1 aromatic heterocycles. The van der Waals surface area contributed by atoms with Gasteiger partial charge in [-0.2, -0.15) is 0 Å². The summed E-state index contributed by atoms with van der Waals surface area (Å²) in [6.45, 7) is 2.67. The molecule has 4 rings (SSSR count). The minimum absolute atomic E-state index is 0.0922. The normalized spacial score (nSPS) is 14.6. The van der Waals surface area contributed by atoms with Gasteiger partial charge >= 0.3 is 0 Å². The van der Waals surface area contributed by atoms with E-state index in [4.69, 9.17) is 4.42 Å². The van der Waals surface area contributed by atoms with Gasteiger partial charge in [0.25, 0.3) is 0 Å². The fourth-order valence-electron chi connectivity index (χ4n) is 3.16. The van der Waals surface area contributed by atoms with Crippen LogP contribution in [0.5, 0.6) is 0 Å². The Kier molecular flexibility index (Phi) is 4.54. The Labute approximate surface area is 152 Å². The first-order valence-corrected chi connectivity index (χ1v) is 8.85. The summed E-state index contributed by atoms with van der Waals surface area (Å²) >= 11 is 0. The van der Waals surface area contributed by atoms with Crippen LogP contribution in [0.1, 0.15) is 36.4 Å². The molecule has 0 aliphatic carbocycles. The number of amides is 1. The Morgan fingerprint density at radius 2 is 2.04 bits per heavy atom. The summed E-state index contributed by atoms with van der Waals surface area (Å²) in [7, 11) is 0. The predicted molar refractivity (Wildman–Crippen MR) is 101 cm³/mol. The zero-order valence-electron chi connectivity index (χ0n) is 14.7. The van der Waals surface area contributed by atoms with Crippen LogP contribution in [-0.4, -0.2) is 10.9 Å². The van der Waals surface area contributed by atoms with Gasteiger partial charge in [0.2, 0.25) is 11.8 Å². The fourth-order valence-corrected chi connectivity index (χ4v) is 3.16. The first-order valence-electron chi connectivity index (χ1n) is 8.85. The van der Waals surface area contributed by atoms with Crippen LogP contribution in [-0.2, 0) is 17.8 Å². The molecule has 132 valence electrons. The van der Waals surface area contributed by atoms with Gasteiger partial charge in [0, 0.05) is 23.7 Å². The molecule has 0 saturated heterocycles. The molecular weight excluding hydrogens is 326 g/mol. The van der Waals surface area contributed by atoms with Gasteiger partial charge in [-0.15, -0.1) is 0 Å². The molecule has 0 fully saturated rings. The van der Waals surface area contributed by atoms with Crippen molar-refractivity contribution in [2.45, 2.75) is 32.4 Å². The van der Waals surface area contributed by atoms with E-state index in [1.54, 1.807) is 6.20 Å². The van der Waals surface area contributed by atoms with Crippen LogP contribution in [0.25, 0.3) is 11.3 Å². The third kappa shape index (κ3) is 3.53. The Balaban J connectivity index is 1.41. The number of benzene rings is 2. The van der Waals surface area contributed by atoms with Crippen molar-refractivity contribution in [1.82, 2.24) is 10.3 Å². The topological polar surface area (TPSA) is 67.2 Å². The molecule has 1 aliphatic heterocycles. The molecule has 2 heterocycles. The van der Waals surface area contributed by atoms with Gasteiger partial charge in [0.05, 0.1) is 12.7 Å². The van der Waals surface area contributed by atoms with Crippen LogP contribution in [0.4, 0.5) is 5.69 Å². The second-order valence-electron chi connectivity index (χ2n) is 6.55. The number of nitrogens with one attached hydrogen (secondary N) is 2. The molecule has 1 atom stereocenters.